The number of fused-ring (bicyclic) bond motifs is 1. The molecule has 0 amide bonds. The number of ether oxygens (including phenoxy) is 2. The van der Waals surface area contributed by atoms with Crippen LogP contribution in [0.4, 0.5) is 4.39 Å². The predicted molar refractivity (Wildman–Crippen MR) is 99.7 cm³/mol. The van der Waals surface area contributed by atoms with Gasteiger partial charge < -0.3 is 9.47 Å². The third-order valence-corrected chi connectivity index (χ3v) is 4.79. The van der Waals surface area contributed by atoms with Crippen LogP contribution < -0.4 is 15.0 Å². The average Bonchev–Trinajstić information content (AvgIpc) is 3.34. The van der Waals surface area contributed by atoms with E-state index in [0.717, 1.165) is 15.8 Å². The van der Waals surface area contributed by atoms with Crippen LogP contribution in [-0.2, 0) is 6.54 Å². The van der Waals surface area contributed by atoms with Crippen molar-refractivity contribution in [1.82, 2.24) is 9.78 Å². The number of halogens is 2. The summed E-state index contributed by atoms with van der Waals surface area (Å²) in [5.41, 5.74) is 0.681. The molecule has 0 N–H and O–H groups in total. The maximum absolute atomic E-state index is 13.3. The molecule has 2 aromatic carbocycles. The highest BCUT2D eigenvalue weighted by Gasteiger charge is 2.41. The first-order chi connectivity index (χ1) is 12.5. The molecule has 1 aliphatic rings. The summed E-state index contributed by atoms with van der Waals surface area (Å²) in [6.45, 7) is 0.287. The van der Waals surface area contributed by atoms with Crippen molar-refractivity contribution in [3.05, 3.63) is 62.9 Å². The van der Waals surface area contributed by atoms with Crippen molar-refractivity contribution in [3.63, 3.8) is 0 Å². The minimum Gasteiger partial charge on any atom is -0.497 e. The number of nitrogens with zero attached hydrogens (tertiary/aromatic N) is 2. The SMILES string of the molecule is COc1ccc(Cn2nc(O[C@H]3C[C@H]3F)c3cc(Br)ccc3c2=O)cc1. The highest BCUT2D eigenvalue weighted by Crippen LogP contribution is 2.33. The molecule has 3 aromatic rings. The van der Waals surface area contributed by atoms with E-state index in [4.69, 9.17) is 9.47 Å². The van der Waals surface area contributed by atoms with Gasteiger partial charge in [0.2, 0.25) is 5.88 Å². The Morgan fingerprint density at radius 1 is 1.23 bits per heavy atom. The van der Waals surface area contributed by atoms with Gasteiger partial charge in [-0.25, -0.2) is 9.07 Å². The van der Waals surface area contributed by atoms with Gasteiger partial charge in [0.15, 0.2) is 0 Å². The number of methoxy groups -OCH3 is 1. The Hall–Kier alpha value is -2.41. The molecule has 26 heavy (non-hydrogen) atoms. The number of aromatic nitrogens is 2. The third kappa shape index (κ3) is 3.31. The van der Waals surface area contributed by atoms with Crippen molar-refractivity contribution in [1.29, 1.82) is 0 Å². The van der Waals surface area contributed by atoms with E-state index >= 15 is 0 Å². The van der Waals surface area contributed by atoms with Gasteiger partial charge in [0.1, 0.15) is 18.0 Å². The molecule has 4 rings (SSSR count). The van der Waals surface area contributed by atoms with Crippen molar-refractivity contribution in [3.8, 4) is 11.6 Å². The highest BCUT2D eigenvalue weighted by molar-refractivity contribution is 9.10. The lowest BCUT2D eigenvalue weighted by atomic mass is 10.2. The van der Waals surface area contributed by atoms with Crippen LogP contribution >= 0.6 is 15.9 Å². The van der Waals surface area contributed by atoms with Gasteiger partial charge in [0.05, 0.1) is 24.4 Å². The van der Waals surface area contributed by atoms with Crippen LogP contribution in [0.25, 0.3) is 10.8 Å². The second-order valence-corrected chi connectivity index (χ2v) is 7.13. The summed E-state index contributed by atoms with van der Waals surface area (Å²) in [6, 6.07) is 12.7. The molecule has 1 aliphatic carbocycles. The van der Waals surface area contributed by atoms with Gasteiger partial charge in [-0.15, -0.1) is 5.10 Å². The smallest absolute Gasteiger partial charge is 0.275 e. The largest absolute Gasteiger partial charge is 0.497 e. The Bertz CT molecular complexity index is 1020. The van der Waals surface area contributed by atoms with Crippen LogP contribution in [0.2, 0.25) is 0 Å². The van der Waals surface area contributed by atoms with Gasteiger partial charge >= 0.3 is 0 Å². The quantitative estimate of drug-likeness (QED) is 0.633. The number of rotatable bonds is 5. The lowest BCUT2D eigenvalue weighted by Crippen LogP contribution is -2.25. The van der Waals surface area contributed by atoms with Gasteiger partial charge in [0, 0.05) is 10.9 Å². The van der Waals surface area contributed by atoms with Crippen LogP contribution in [0, 0.1) is 0 Å². The normalized spacial score (nSPS) is 18.7. The minimum atomic E-state index is -0.971. The molecular weight excluding hydrogens is 403 g/mol. The van der Waals surface area contributed by atoms with Crippen LogP contribution in [0.15, 0.2) is 51.7 Å². The third-order valence-electron chi connectivity index (χ3n) is 4.30. The Morgan fingerprint density at radius 2 is 1.96 bits per heavy atom. The maximum Gasteiger partial charge on any atom is 0.275 e. The molecule has 2 atom stereocenters. The molecule has 1 aromatic heterocycles. The van der Waals surface area contributed by atoms with E-state index in [1.165, 1.54) is 4.68 Å². The fourth-order valence-electron chi connectivity index (χ4n) is 2.73. The number of benzene rings is 2. The molecule has 0 saturated heterocycles. The molecule has 5 nitrogen and oxygen atoms in total. The van der Waals surface area contributed by atoms with Gasteiger partial charge in [-0.1, -0.05) is 28.1 Å². The van der Waals surface area contributed by atoms with Gasteiger partial charge in [0.25, 0.3) is 5.56 Å². The molecular formula is C19H16BrFN2O3. The van der Waals surface area contributed by atoms with Crippen molar-refractivity contribution < 1.29 is 13.9 Å². The van der Waals surface area contributed by atoms with Crippen LogP contribution in [0.1, 0.15) is 12.0 Å². The van der Waals surface area contributed by atoms with Crippen molar-refractivity contribution in [2.75, 3.05) is 7.11 Å². The van der Waals surface area contributed by atoms with Crippen LogP contribution in [0.3, 0.4) is 0 Å². The standard InChI is InChI=1S/C19H16BrFN2O3/c1-25-13-5-2-11(3-6-13)10-23-19(24)14-7-4-12(20)8-15(14)18(22-23)26-17-9-16(17)21/h2-8,16-17H,9-10H2,1H3/t16-,17+/m1/s1. The van der Waals surface area contributed by atoms with Crippen molar-refractivity contribution in [2.45, 2.75) is 25.2 Å². The number of hydrogen-bond donors (Lipinski definition) is 0. The fourth-order valence-corrected chi connectivity index (χ4v) is 3.10. The molecule has 0 spiro atoms. The zero-order valence-corrected chi connectivity index (χ0v) is 15.6. The Morgan fingerprint density at radius 3 is 2.62 bits per heavy atom. The Kier molecular flexibility index (Phi) is 4.40. The average molecular weight is 419 g/mol. The molecule has 1 fully saturated rings. The first kappa shape index (κ1) is 17.0. The summed E-state index contributed by atoms with van der Waals surface area (Å²) in [4.78, 5) is 12.8. The topological polar surface area (TPSA) is 53.4 Å². The summed E-state index contributed by atoms with van der Waals surface area (Å²) < 4.78 is 26.3. The second kappa shape index (κ2) is 6.72. The van der Waals surface area contributed by atoms with E-state index in [1.54, 1.807) is 25.3 Å². The molecule has 1 heterocycles. The van der Waals surface area contributed by atoms with Crippen molar-refractivity contribution in [2.24, 2.45) is 0 Å². The highest BCUT2D eigenvalue weighted by atomic mass is 79.9. The first-order valence-electron chi connectivity index (χ1n) is 8.19. The Balaban J connectivity index is 1.76. The predicted octanol–water partition coefficient (Wildman–Crippen LogP) is 3.71. The van der Waals surface area contributed by atoms with Gasteiger partial charge in [-0.2, -0.15) is 0 Å². The molecule has 1 saturated carbocycles. The van der Waals surface area contributed by atoms with Gasteiger partial charge in [-0.3, -0.25) is 4.79 Å². The fraction of sp³-hybridized carbons (Fsp3) is 0.263. The van der Waals surface area contributed by atoms with E-state index in [1.807, 2.05) is 24.3 Å². The molecule has 0 unspecified atom stereocenters. The first-order valence-corrected chi connectivity index (χ1v) is 8.98. The van der Waals surface area contributed by atoms with Crippen molar-refractivity contribution >= 4 is 26.7 Å². The second-order valence-electron chi connectivity index (χ2n) is 6.21. The van der Waals surface area contributed by atoms with Crippen LogP contribution in [-0.4, -0.2) is 29.2 Å². The Labute approximate surface area is 157 Å². The summed E-state index contributed by atoms with van der Waals surface area (Å²) >= 11 is 3.39. The zero-order valence-electron chi connectivity index (χ0n) is 14.0. The van der Waals surface area contributed by atoms with E-state index in [2.05, 4.69) is 21.0 Å². The van der Waals surface area contributed by atoms with E-state index in [-0.39, 0.29) is 18.0 Å². The summed E-state index contributed by atoms with van der Waals surface area (Å²) in [5, 5.41) is 5.42. The van der Waals surface area contributed by atoms with Crippen LogP contribution in [0.5, 0.6) is 11.6 Å². The molecule has 0 aliphatic heterocycles. The minimum absolute atomic E-state index is 0.219. The van der Waals surface area contributed by atoms with E-state index in [9.17, 15) is 9.18 Å². The molecule has 0 radical (unpaired) electrons. The molecule has 0 bridgehead atoms. The summed E-state index contributed by atoms with van der Waals surface area (Å²) in [6.07, 6.45) is -1.10. The lowest BCUT2D eigenvalue weighted by Gasteiger charge is -2.12. The van der Waals surface area contributed by atoms with E-state index < -0.39 is 12.3 Å². The summed E-state index contributed by atoms with van der Waals surface area (Å²) in [7, 11) is 1.60. The lowest BCUT2D eigenvalue weighted by molar-refractivity contribution is 0.248. The summed E-state index contributed by atoms with van der Waals surface area (Å²) in [5.74, 6) is 1.02. The monoisotopic (exact) mass is 418 g/mol. The molecule has 7 heteroatoms. The number of alkyl halides is 1. The maximum atomic E-state index is 13.3. The number of hydrogen-bond acceptors (Lipinski definition) is 4. The molecule has 134 valence electrons. The van der Waals surface area contributed by atoms with E-state index in [0.29, 0.717) is 17.2 Å². The zero-order chi connectivity index (χ0) is 18.3. The van der Waals surface area contributed by atoms with Gasteiger partial charge in [-0.05, 0) is 35.9 Å².